The zero-order valence-electron chi connectivity index (χ0n) is 12.3. The first-order valence-corrected chi connectivity index (χ1v) is 8.50. The summed E-state index contributed by atoms with van der Waals surface area (Å²) >= 11 is 4.87. The molecule has 0 aliphatic carbocycles. The van der Waals surface area contributed by atoms with E-state index in [1.54, 1.807) is 0 Å². The summed E-state index contributed by atoms with van der Waals surface area (Å²) in [7, 11) is 4.10. The Morgan fingerprint density at radius 3 is 2.86 bits per heavy atom. The van der Waals surface area contributed by atoms with Gasteiger partial charge in [-0.1, -0.05) is 22.0 Å². The lowest BCUT2D eigenvalue weighted by Crippen LogP contribution is -2.25. The fraction of sp³-hybridized carbons (Fsp3) is 0.400. The van der Waals surface area contributed by atoms with Gasteiger partial charge in [-0.3, -0.25) is 4.79 Å². The predicted molar refractivity (Wildman–Crippen MR) is 94.1 cm³/mol. The molecular weight excluding hydrogens is 350 g/mol. The SMILES string of the molecule is CN(C)CCCCNC(=O)c1sc2cc(Br)ccc2c1N. The predicted octanol–water partition coefficient (Wildman–Crippen LogP) is 3.32. The van der Waals surface area contributed by atoms with Gasteiger partial charge in [-0.2, -0.15) is 0 Å². The van der Waals surface area contributed by atoms with Crippen molar-refractivity contribution in [2.75, 3.05) is 32.9 Å². The highest BCUT2D eigenvalue weighted by Gasteiger charge is 2.15. The average Bonchev–Trinajstić information content (AvgIpc) is 2.74. The molecule has 1 heterocycles. The number of nitrogens with one attached hydrogen (secondary N) is 1. The van der Waals surface area contributed by atoms with Crippen LogP contribution in [0.3, 0.4) is 0 Å². The Morgan fingerprint density at radius 1 is 1.38 bits per heavy atom. The highest BCUT2D eigenvalue weighted by molar-refractivity contribution is 9.10. The van der Waals surface area contributed by atoms with Crippen LogP contribution < -0.4 is 11.1 Å². The third-order valence-corrected chi connectivity index (χ3v) is 4.87. The van der Waals surface area contributed by atoms with Crippen molar-refractivity contribution >= 4 is 48.9 Å². The summed E-state index contributed by atoms with van der Waals surface area (Å²) < 4.78 is 2.02. The molecule has 1 aromatic carbocycles. The molecule has 3 N–H and O–H groups in total. The number of halogens is 1. The second-order valence-corrected chi connectivity index (χ2v) is 7.22. The number of nitrogen functional groups attached to an aromatic ring is 1. The number of nitrogens with zero attached hydrogens (tertiary/aromatic N) is 1. The molecule has 0 spiro atoms. The standard InChI is InChI=1S/C15H20BrN3OS/c1-19(2)8-4-3-7-18-15(20)14-13(17)11-6-5-10(16)9-12(11)21-14/h5-6,9H,3-4,7-8,17H2,1-2H3,(H,18,20). The van der Waals surface area contributed by atoms with E-state index in [1.807, 2.05) is 18.2 Å². The quantitative estimate of drug-likeness (QED) is 0.767. The number of rotatable bonds is 6. The number of thiophene rings is 1. The van der Waals surface area contributed by atoms with Crippen molar-refractivity contribution in [1.82, 2.24) is 10.2 Å². The number of unbranched alkanes of at least 4 members (excludes halogenated alkanes) is 1. The smallest absolute Gasteiger partial charge is 0.263 e. The summed E-state index contributed by atoms with van der Waals surface area (Å²) in [4.78, 5) is 15.0. The van der Waals surface area contributed by atoms with Crippen molar-refractivity contribution in [3.8, 4) is 0 Å². The average molecular weight is 370 g/mol. The molecule has 4 nitrogen and oxygen atoms in total. The minimum Gasteiger partial charge on any atom is -0.397 e. The molecule has 0 saturated heterocycles. The second kappa shape index (κ2) is 7.24. The van der Waals surface area contributed by atoms with Crippen LogP contribution in [0.2, 0.25) is 0 Å². The van der Waals surface area contributed by atoms with E-state index >= 15 is 0 Å². The fourth-order valence-corrected chi connectivity index (χ4v) is 3.69. The summed E-state index contributed by atoms with van der Waals surface area (Å²) in [5.74, 6) is -0.0744. The number of fused-ring (bicyclic) bond motifs is 1. The Balaban J connectivity index is 1.98. The first-order valence-electron chi connectivity index (χ1n) is 6.89. The summed E-state index contributed by atoms with van der Waals surface area (Å²) in [5, 5.41) is 3.90. The highest BCUT2D eigenvalue weighted by atomic mass is 79.9. The van der Waals surface area contributed by atoms with Crippen molar-refractivity contribution in [3.63, 3.8) is 0 Å². The lowest BCUT2D eigenvalue weighted by molar-refractivity contribution is 0.0957. The van der Waals surface area contributed by atoms with E-state index in [9.17, 15) is 4.79 Å². The minimum absolute atomic E-state index is 0.0744. The summed E-state index contributed by atoms with van der Waals surface area (Å²) in [6.45, 7) is 1.72. The number of amides is 1. The van der Waals surface area contributed by atoms with Crippen LogP contribution in [0.25, 0.3) is 10.1 Å². The second-order valence-electron chi connectivity index (χ2n) is 5.25. The molecule has 1 aromatic heterocycles. The molecule has 0 fully saturated rings. The van der Waals surface area contributed by atoms with Crippen LogP contribution >= 0.6 is 27.3 Å². The lowest BCUT2D eigenvalue weighted by Gasteiger charge is -2.09. The zero-order chi connectivity index (χ0) is 15.4. The lowest BCUT2D eigenvalue weighted by atomic mass is 10.2. The van der Waals surface area contributed by atoms with Gasteiger partial charge in [0.05, 0.1) is 5.69 Å². The van der Waals surface area contributed by atoms with Gasteiger partial charge in [-0.25, -0.2) is 0 Å². The Kier molecular flexibility index (Phi) is 5.61. The van der Waals surface area contributed by atoms with Gasteiger partial charge in [0.25, 0.3) is 5.91 Å². The van der Waals surface area contributed by atoms with Crippen molar-refractivity contribution in [3.05, 3.63) is 27.5 Å². The fourth-order valence-electron chi connectivity index (χ4n) is 2.09. The number of carbonyl (C=O) groups excluding carboxylic acids is 1. The Hall–Kier alpha value is -1.11. The number of carbonyl (C=O) groups is 1. The Bertz CT molecular complexity index is 639. The summed E-state index contributed by atoms with van der Waals surface area (Å²) in [6, 6.07) is 5.87. The largest absolute Gasteiger partial charge is 0.397 e. The topological polar surface area (TPSA) is 58.4 Å². The first-order chi connectivity index (χ1) is 9.99. The summed E-state index contributed by atoms with van der Waals surface area (Å²) in [5.41, 5.74) is 6.66. The molecule has 0 unspecified atom stereocenters. The number of nitrogens with two attached hydrogens (primary N) is 1. The molecule has 114 valence electrons. The van der Waals surface area contributed by atoms with Gasteiger partial charge in [0.1, 0.15) is 4.88 Å². The molecule has 0 aliphatic rings. The summed E-state index contributed by atoms with van der Waals surface area (Å²) in [6.07, 6.45) is 2.04. The molecule has 1 amide bonds. The van der Waals surface area contributed by atoms with Crippen LogP contribution in [0.15, 0.2) is 22.7 Å². The van der Waals surface area contributed by atoms with E-state index in [2.05, 4.69) is 40.2 Å². The normalized spacial score (nSPS) is 11.2. The molecule has 0 aliphatic heterocycles. The van der Waals surface area contributed by atoms with Gasteiger partial charge in [0.15, 0.2) is 0 Å². The minimum atomic E-state index is -0.0744. The molecule has 2 aromatic rings. The molecule has 6 heteroatoms. The maximum absolute atomic E-state index is 12.2. The zero-order valence-corrected chi connectivity index (χ0v) is 14.7. The van der Waals surface area contributed by atoms with E-state index in [0.29, 0.717) is 17.1 Å². The number of anilines is 1. The van der Waals surface area contributed by atoms with Gasteiger partial charge in [-0.05, 0) is 45.6 Å². The third-order valence-electron chi connectivity index (χ3n) is 3.21. The van der Waals surface area contributed by atoms with E-state index in [4.69, 9.17) is 5.73 Å². The first kappa shape index (κ1) is 16.3. The molecule has 0 radical (unpaired) electrons. The van der Waals surface area contributed by atoms with Crippen LogP contribution in [0.5, 0.6) is 0 Å². The Morgan fingerprint density at radius 2 is 2.14 bits per heavy atom. The highest BCUT2D eigenvalue weighted by Crippen LogP contribution is 2.35. The van der Waals surface area contributed by atoms with Crippen molar-refractivity contribution in [2.45, 2.75) is 12.8 Å². The van der Waals surface area contributed by atoms with Crippen LogP contribution in [0, 0.1) is 0 Å². The van der Waals surface area contributed by atoms with Gasteiger partial charge < -0.3 is 16.0 Å². The van der Waals surface area contributed by atoms with Gasteiger partial charge in [-0.15, -0.1) is 11.3 Å². The molecule has 0 saturated carbocycles. The third kappa shape index (κ3) is 4.18. The maximum atomic E-state index is 12.2. The van der Waals surface area contributed by atoms with Crippen LogP contribution in [0.4, 0.5) is 5.69 Å². The van der Waals surface area contributed by atoms with E-state index in [1.165, 1.54) is 11.3 Å². The van der Waals surface area contributed by atoms with E-state index in [0.717, 1.165) is 33.9 Å². The van der Waals surface area contributed by atoms with Gasteiger partial charge in [0.2, 0.25) is 0 Å². The monoisotopic (exact) mass is 369 g/mol. The molecular formula is C15H20BrN3OS. The number of hydrogen-bond acceptors (Lipinski definition) is 4. The number of hydrogen-bond donors (Lipinski definition) is 2. The van der Waals surface area contributed by atoms with Crippen molar-refractivity contribution in [2.24, 2.45) is 0 Å². The van der Waals surface area contributed by atoms with Crippen molar-refractivity contribution < 1.29 is 4.79 Å². The van der Waals surface area contributed by atoms with Crippen molar-refractivity contribution in [1.29, 1.82) is 0 Å². The number of benzene rings is 1. The molecule has 21 heavy (non-hydrogen) atoms. The molecule has 0 atom stereocenters. The van der Waals surface area contributed by atoms with Gasteiger partial charge in [0, 0.05) is 21.1 Å². The molecule has 2 rings (SSSR count). The van der Waals surface area contributed by atoms with Crippen LogP contribution in [0.1, 0.15) is 22.5 Å². The maximum Gasteiger partial charge on any atom is 0.263 e. The van der Waals surface area contributed by atoms with Gasteiger partial charge >= 0.3 is 0 Å². The van der Waals surface area contributed by atoms with Crippen LogP contribution in [-0.4, -0.2) is 38.0 Å². The van der Waals surface area contributed by atoms with E-state index < -0.39 is 0 Å². The van der Waals surface area contributed by atoms with Crippen LogP contribution in [-0.2, 0) is 0 Å². The van der Waals surface area contributed by atoms with E-state index in [-0.39, 0.29) is 5.91 Å². The molecule has 0 bridgehead atoms. The Labute approximate surface area is 137 Å².